The Labute approximate surface area is 127 Å². The topological polar surface area (TPSA) is 61.7 Å². The summed E-state index contributed by atoms with van der Waals surface area (Å²) in [4.78, 5) is 4.44. The van der Waals surface area contributed by atoms with Crippen LogP contribution >= 0.6 is 0 Å². The first kappa shape index (κ1) is 15.9. The summed E-state index contributed by atoms with van der Waals surface area (Å²) >= 11 is 0. The fourth-order valence-electron chi connectivity index (χ4n) is 2.98. The largest absolute Gasteiger partial charge is 0.369 e. The van der Waals surface area contributed by atoms with E-state index in [0.29, 0.717) is 5.95 Å². The highest BCUT2D eigenvalue weighted by Crippen LogP contribution is 2.21. The smallest absolute Gasteiger partial charge is 0.202 e. The molecule has 0 aromatic carbocycles. The third kappa shape index (κ3) is 3.77. The summed E-state index contributed by atoms with van der Waals surface area (Å²) in [5.74, 6) is 0.615. The molecule has 21 heavy (non-hydrogen) atoms. The Bertz CT molecular complexity index is 567. The lowest BCUT2D eigenvalue weighted by Crippen LogP contribution is -2.07. The van der Waals surface area contributed by atoms with E-state index in [1.165, 1.54) is 44.9 Å². The molecule has 0 aliphatic carbocycles. The van der Waals surface area contributed by atoms with E-state index in [2.05, 4.69) is 21.6 Å². The molecule has 0 saturated carbocycles. The van der Waals surface area contributed by atoms with E-state index in [1.54, 1.807) is 0 Å². The molecule has 0 spiro atoms. The van der Waals surface area contributed by atoms with Gasteiger partial charge in [-0.2, -0.15) is 5.10 Å². The number of nitrogens with two attached hydrogens (primary N) is 1. The van der Waals surface area contributed by atoms with E-state index in [-0.39, 0.29) is 0 Å². The summed E-state index contributed by atoms with van der Waals surface area (Å²) in [5.41, 5.74) is 8.98. The molecule has 0 amide bonds. The molecule has 118 valence electrons. The predicted octanol–water partition coefficient (Wildman–Crippen LogP) is 3.80. The molecular formula is C16H29N5. The molecule has 0 radical (unpaired) electrons. The van der Waals surface area contributed by atoms with Crippen LogP contribution in [0.2, 0.25) is 0 Å². The van der Waals surface area contributed by atoms with Crippen molar-refractivity contribution in [3.63, 3.8) is 0 Å². The molecule has 0 unspecified atom stereocenters. The summed E-state index contributed by atoms with van der Waals surface area (Å²) in [5, 5.41) is 4.42. The van der Waals surface area contributed by atoms with Crippen LogP contribution in [0, 0.1) is 6.92 Å². The number of aromatic nitrogens is 4. The molecular weight excluding hydrogens is 262 g/mol. The van der Waals surface area contributed by atoms with E-state index >= 15 is 0 Å². The lowest BCUT2D eigenvalue weighted by atomic mass is 10.1. The lowest BCUT2D eigenvalue weighted by Gasteiger charge is -2.07. The molecule has 2 N–H and O–H groups in total. The number of hydrogen-bond acceptors (Lipinski definition) is 3. The molecule has 5 nitrogen and oxygen atoms in total. The Balaban J connectivity index is 1.80. The van der Waals surface area contributed by atoms with Gasteiger partial charge < -0.3 is 5.73 Å². The van der Waals surface area contributed by atoms with Gasteiger partial charge in [0.1, 0.15) is 5.52 Å². The highest BCUT2D eigenvalue weighted by Gasteiger charge is 2.14. The van der Waals surface area contributed by atoms with Crippen LogP contribution in [0.5, 0.6) is 0 Å². The summed E-state index contributed by atoms with van der Waals surface area (Å²) in [6.07, 6.45) is 10.6. The Kier molecular flexibility index (Phi) is 5.65. The van der Waals surface area contributed by atoms with Gasteiger partial charge in [-0.05, 0) is 13.3 Å². The molecule has 0 atom stereocenters. The monoisotopic (exact) mass is 291 g/mol. The normalized spacial score (nSPS) is 11.6. The first-order valence-electron chi connectivity index (χ1n) is 8.30. The van der Waals surface area contributed by atoms with E-state index < -0.39 is 0 Å². The molecule has 0 bridgehead atoms. The first-order chi connectivity index (χ1) is 10.1. The fourth-order valence-corrected chi connectivity index (χ4v) is 2.98. The van der Waals surface area contributed by atoms with Crippen LogP contribution in [0.3, 0.4) is 0 Å². The van der Waals surface area contributed by atoms with Crippen molar-refractivity contribution in [2.75, 3.05) is 5.73 Å². The second-order valence-corrected chi connectivity index (χ2v) is 5.98. The molecule has 5 heteroatoms. The van der Waals surface area contributed by atoms with Crippen molar-refractivity contribution < 1.29 is 0 Å². The maximum Gasteiger partial charge on any atom is 0.202 e. The number of nitrogen functional groups attached to an aromatic ring is 1. The Hall–Kier alpha value is -1.52. The van der Waals surface area contributed by atoms with Crippen molar-refractivity contribution in [3.05, 3.63) is 5.69 Å². The first-order valence-corrected chi connectivity index (χ1v) is 8.30. The van der Waals surface area contributed by atoms with Gasteiger partial charge in [-0.25, -0.2) is 4.98 Å². The van der Waals surface area contributed by atoms with Crippen LogP contribution in [0.25, 0.3) is 11.2 Å². The lowest BCUT2D eigenvalue weighted by molar-refractivity contribution is 0.546. The summed E-state index contributed by atoms with van der Waals surface area (Å²) < 4.78 is 3.99. The van der Waals surface area contributed by atoms with Gasteiger partial charge in [0.05, 0.1) is 5.69 Å². The number of hydrogen-bond donors (Lipinski definition) is 1. The zero-order chi connectivity index (χ0) is 15.2. The van der Waals surface area contributed by atoms with Crippen molar-refractivity contribution in [2.24, 2.45) is 7.05 Å². The molecule has 2 heterocycles. The second-order valence-electron chi connectivity index (χ2n) is 5.98. The molecule has 0 aliphatic heterocycles. The molecule has 2 aromatic rings. The zero-order valence-electron chi connectivity index (χ0n) is 13.7. The average molecular weight is 291 g/mol. The highest BCUT2D eigenvalue weighted by molar-refractivity contribution is 5.77. The molecule has 2 rings (SSSR count). The van der Waals surface area contributed by atoms with Crippen LogP contribution in [0.1, 0.15) is 64.0 Å². The molecule has 0 fully saturated rings. The van der Waals surface area contributed by atoms with Gasteiger partial charge in [0.2, 0.25) is 5.95 Å². The van der Waals surface area contributed by atoms with E-state index in [0.717, 1.165) is 29.8 Å². The van der Waals surface area contributed by atoms with Crippen molar-refractivity contribution in [1.29, 1.82) is 0 Å². The van der Waals surface area contributed by atoms with Gasteiger partial charge in [-0.3, -0.25) is 9.25 Å². The van der Waals surface area contributed by atoms with E-state index in [4.69, 9.17) is 5.73 Å². The Morgan fingerprint density at radius 1 is 1.00 bits per heavy atom. The minimum atomic E-state index is 0.615. The van der Waals surface area contributed by atoms with Gasteiger partial charge in [0.25, 0.3) is 0 Å². The van der Waals surface area contributed by atoms with Crippen molar-refractivity contribution in [3.8, 4) is 0 Å². The van der Waals surface area contributed by atoms with E-state index in [1.807, 2.05) is 18.7 Å². The molecule has 0 saturated heterocycles. The van der Waals surface area contributed by atoms with Gasteiger partial charge in [-0.1, -0.05) is 51.9 Å². The van der Waals surface area contributed by atoms with Gasteiger partial charge in [0, 0.05) is 13.6 Å². The molecule has 0 aliphatic rings. The second kappa shape index (κ2) is 7.48. The van der Waals surface area contributed by atoms with Crippen molar-refractivity contribution in [1.82, 2.24) is 19.3 Å². The summed E-state index contributed by atoms with van der Waals surface area (Å²) in [6, 6.07) is 0. The standard InChI is InChI=1S/C16H29N5/c1-4-5-6-7-8-9-10-11-12-21-15-14(18-16(21)17)13(2)19-20(15)3/h4-12H2,1-3H3,(H2,17,18). The van der Waals surface area contributed by atoms with Crippen LogP contribution in [0.15, 0.2) is 0 Å². The maximum atomic E-state index is 6.04. The van der Waals surface area contributed by atoms with Gasteiger partial charge >= 0.3 is 0 Å². The van der Waals surface area contributed by atoms with Crippen LogP contribution in [0.4, 0.5) is 5.95 Å². The maximum absolute atomic E-state index is 6.04. The Morgan fingerprint density at radius 3 is 2.29 bits per heavy atom. The van der Waals surface area contributed by atoms with Crippen molar-refractivity contribution >= 4 is 17.1 Å². The minimum Gasteiger partial charge on any atom is -0.369 e. The molecule has 2 aromatic heterocycles. The predicted molar refractivity (Wildman–Crippen MR) is 88.3 cm³/mol. The number of unbranched alkanes of at least 4 members (excludes halogenated alkanes) is 7. The van der Waals surface area contributed by atoms with Gasteiger partial charge in [-0.15, -0.1) is 0 Å². The van der Waals surface area contributed by atoms with Crippen LogP contribution in [-0.2, 0) is 13.6 Å². The Morgan fingerprint density at radius 2 is 1.62 bits per heavy atom. The number of nitrogens with zero attached hydrogens (tertiary/aromatic N) is 4. The number of anilines is 1. The number of aryl methyl sites for hydroxylation is 3. The number of rotatable bonds is 9. The fraction of sp³-hybridized carbons (Fsp3) is 0.750. The number of fused-ring (bicyclic) bond motifs is 1. The third-order valence-corrected chi connectivity index (χ3v) is 4.15. The highest BCUT2D eigenvalue weighted by atomic mass is 15.3. The third-order valence-electron chi connectivity index (χ3n) is 4.15. The van der Waals surface area contributed by atoms with Crippen molar-refractivity contribution in [2.45, 2.75) is 71.8 Å². The van der Waals surface area contributed by atoms with Crippen LogP contribution < -0.4 is 5.73 Å². The summed E-state index contributed by atoms with van der Waals surface area (Å²) in [6.45, 7) is 5.18. The number of imidazole rings is 1. The van der Waals surface area contributed by atoms with Crippen LogP contribution in [-0.4, -0.2) is 19.3 Å². The van der Waals surface area contributed by atoms with Gasteiger partial charge in [0.15, 0.2) is 5.65 Å². The van der Waals surface area contributed by atoms with E-state index in [9.17, 15) is 0 Å². The average Bonchev–Trinajstić information content (AvgIpc) is 2.91. The zero-order valence-corrected chi connectivity index (χ0v) is 13.7. The minimum absolute atomic E-state index is 0.615. The summed E-state index contributed by atoms with van der Waals surface area (Å²) in [7, 11) is 1.96. The quantitative estimate of drug-likeness (QED) is 0.715. The SMILES string of the molecule is CCCCCCCCCCn1c(N)nc2c(C)nn(C)c21.